The highest BCUT2D eigenvalue weighted by Gasteiger charge is 2.22. The van der Waals surface area contributed by atoms with E-state index in [9.17, 15) is 4.79 Å². The summed E-state index contributed by atoms with van der Waals surface area (Å²) in [4.78, 5) is 15.8. The van der Waals surface area contributed by atoms with Gasteiger partial charge < -0.3 is 4.90 Å². The SMILES string of the molecule is C=C(Cc1ccccc1)C(=O)N1CCc2sccc2C1. The van der Waals surface area contributed by atoms with Gasteiger partial charge in [0.25, 0.3) is 0 Å². The Hall–Kier alpha value is -1.87. The zero-order valence-electron chi connectivity index (χ0n) is 11.3. The molecule has 102 valence electrons. The van der Waals surface area contributed by atoms with Crippen molar-refractivity contribution in [2.45, 2.75) is 19.4 Å². The Morgan fingerprint density at radius 2 is 2.05 bits per heavy atom. The van der Waals surface area contributed by atoms with E-state index in [-0.39, 0.29) is 5.91 Å². The van der Waals surface area contributed by atoms with Crippen molar-refractivity contribution in [1.29, 1.82) is 0 Å². The second kappa shape index (κ2) is 5.63. The average molecular weight is 283 g/mol. The Balaban J connectivity index is 1.66. The van der Waals surface area contributed by atoms with Crippen molar-refractivity contribution < 1.29 is 4.79 Å². The first kappa shape index (κ1) is 13.1. The molecule has 1 aliphatic heterocycles. The van der Waals surface area contributed by atoms with Crippen LogP contribution >= 0.6 is 11.3 Å². The fourth-order valence-corrected chi connectivity index (χ4v) is 3.45. The largest absolute Gasteiger partial charge is 0.334 e. The third kappa shape index (κ3) is 2.68. The van der Waals surface area contributed by atoms with E-state index in [1.165, 1.54) is 10.4 Å². The Kier molecular flexibility index (Phi) is 3.70. The van der Waals surface area contributed by atoms with Crippen LogP contribution in [0.5, 0.6) is 0 Å². The molecule has 0 radical (unpaired) electrons. The van der Waals surface area contributed by atoms with Gasteiger partial charge in [-0.05, 0) is 29.0 Å². The lowest BCUT2D eigenvalue weighted by Gasteiger charge is -2.27. The van der Waals surface area contributed by atoms with Crippen LogP contribution in [0.15, 0.2) is 53.9 Å². The molecule has 0 bridgehead atoms. The van der Waals surface area contributed by atoms with Gasteiger partial charge in [0.2, 0.25) is 5.91 Å². The summed E-state index contributed by atoms with van der Waals surface area (Å²) in [6.45, 7) is 5.51. The standard InChI is InChI=1S/C17H17NOS/c1-13(11-14-5-3-2-4-6-14)17(19)18-9-7-16-15(12-18)8-10-20-16/h2-6,8,10H,1,7,9,11-12H2. The molecule has 0 atom stereocenters. The van der Waals surface area contributed by atoms with Gasteiger partial charge in [-0.15, -0.1) is 11.3 Å². The van der Waals surface area contributed by atoms with Gasteiger partial charge in [0.05, 0.1) is 0 Å². The van der Waals surface area contributed by atoms with Crippen molar-refractivity contribution in [2.24, 2.45) is 0 Å². The molecule has 0 unspecified atom stereocenters. The maximum atomic E-state index is 12.5. The predicted molar refractivity (Wildman–Crippen MR) is 82.7 cm³/mol. The quantitative estimate of drug-likeness (QED) is 0.790. The summed E-state index contributed by atoms with van der Waals surface area (Å²) in [7, 11) is 0. The van der Waals surface area contributed by atoms with E-state index in [1.807, 2.05) is 35.2 Å². The van der Waals surface area contributed by atoms with Crippen LogP contribution < -0.4 is 0 Å². The molecule has 1 aromatic carbocycles. The highest BCUT2D eigenvalue weighted by atomic mass is 32.1. The number of rotatable bonds is 3. The first-order valence-corrected chi connectivity index (χ1v) is 7.68. The zero-order valence-corrected chi connectivity index (χ0v) is 12.2. The van der Waals surface area contributed by atoms with E-state index in [0.717, 1.165) is 25.1 Å². The summed E-state index contributed by atoms with van der Waals surface area (Å²) in [6, 6.07) is 12.2. The topological polar surface area (TPSA) is 20.3 Å². The highest BCUT2D eigenvalue weighted by molar-refractivity contribution is 7.10. The molecule has 1 amide bonds. The Bertz CT molecular complexity index is 629. The van der Waals surface area contributed by atoms with Crippen LogP contribution in [0.1, 0.15) is 16.0 Å². The molecule has 2 nitrogen and oxygen atoms in total. The summed E-state index contributed by atoms with van der Waals surface area (Å²) >= 11 is 1.79. The summed E-state index contributed by atoms with van der Waals surface area (Å²) in [5.41, 5.74) is 3.11. The number of hydrogen-bond acceptors (Lipinski definition) is 2. The minimum atomic E-state index is 0.0886. The van der Waals surface area contributed by atoms with Gasteiger partial charge in [-0.3, -0.25) is 4.79 Å². The maximum absolute atomic E-state index is 12.5. The molecular formula is C17H17NOS. The van der Waals surface area contributed by atoms with E-state index < -0.39 is 0 Å². The number of benzene rings is 1. The van der Waals surface area contributed by atoms with Gasteiger partial charge in [0, 0.05) is 30.0 Å². The molecule has 0 saturated carbocycles. The number of carbonyl (C=O) groups excluding carboxylic acids is 1. The van der Waals surface area contributed by atoms with Gasteiger partial charge in [-0.1, -0.05) is 36.9 Å². The molecule has 1 aromatic heterocycles. The molecule has 3 rings (SSSR count). The lowest BCUT2D eigenvalue weighted by Crippen LogP contribution is -2.36. The predicted octanol–water partition coefficient (Wildman–Crippen LogP) is 3.43. The van der Waals surface area contributed by atoms with Crippen molar-refractivity contribution in [3.63, 3.8) is 0 Å². The normalized spacial score (nSPS) is 13.9. The molecular weight excluding hydrogens is 266 g/mol. The van der Waals surface area contributed by atoms with Gasteiger partial charge in [0.15, 0.2) is 0 Å². The lowest BCUT2D eigenvalue weighted by atomic mass is 10.0. The van der Waals surface area contributed by atoms with Gasteiger partial charge in [0.1, 0.15) is 0 Å². The third-order valence-corrected chi connectivity index (χ3v) is 4.68. The molecule has 0 spiro atoms. The Labute approximate surface area is 123 Å². The summed E-state index contributed by atoms with van der Waals surface area (Å²) in [6.07, 6.45) is 1.60. The number of fused-ring (bicyclic) bond motifs is 1. The summed E-state index contributed by atoms with van der Waals surface area (Å²) < 4.78 is 0. The Morgan fingerprint density at radius 3 is 2.85 bits per heavy atom. The zero-order chi connectivity index (χ0) is 13.9. The second-order valence-electron chi connectivity index (χ2n) is 5.11. The lowest BCUT2D eigenvalue weighted by molar-refractivity contribution is -0.128. The van der Waals surface area contributed by atoms with Crippen LogP contribution in [0.4, 0.5) is 0 Å². The fourth-order valence-electron chi connectivity index (χ4n) is 2.56. The first-order chi connectivity index (χ1) is 9.74. The molecule has 0 N–H and O–H groups in total. The van der Waals surface area contributed by atoms with Gasteiger partial charge in [-0.2, -0.15) is 0 Å². The second-order valence-corrected chi connectivity index (χ2v) is 6.11. The molecule has 0 aliphatic carbocycles. The highest BCUT2D eigenvalue weighted by Crippen LogP contribution is 2.25. The van der Waals surface area contributed by atoms with E-state index in [2.05, 4.69) is 18.0 Å². The van der Waals surface area contributed by atoms with Crippen molar-refractivity contribution in [3.8, 4) is 0 Å². The van der Waals surface area contributed by atoms with Crippen molar-refractivity contribution in [2.75, 3.05) is 6.54 Å². The van der Waals surface area contributed by atoms with Gasteiger partial charge in [-0.25, -0.2) is 0 Å². The number of thiophene rings is 1. The van der Waals surface area contributed by atoms with E-state index in [0.29, 0.717) is 12.0 Å². The molecule has 3 heteroatoms. The van der Waals surface area contributed by atoms with Crippen molar-refractivity contribution in [3.05, 3.63) is 69.9 Å². The Morgan fingerprint density at radius 1 is 1.25 bits per heavy atom. The van der Waals surface area contributed by atoms with Crippen LogP contribution in [0.2, 0.25) is 0 Å². The number of carbonyl (C=O) groups is 1. The molecule has 0 saturated heterocycles. The fraction of sp³-hybridized carbons (Fsp3) is 0.235. The van der Waals surface area contributed by atoms with Crippen LogP contribution in [-0.4, -0.2) is 17.4 Å². The maximum Gasteiger partial charge on any atom is 0.249 e. The smallest absolute Gasteiger partial charge is 0.249 e. The summed E-state index contributed by atoms with van der Waals surface area (Å²) in [5, 5.41) is 2.11. The molecule has 2 aromatic rings. The van der Waals surface area contributed by atoms with E-state index >= 15 is 0 Å². The van der Waals surface area contributed by atoms with Crippen molar-refractivity contribution in [1.82, 2.24) is 4.90 Å². The minimum Gasteiger partial charge on any atom is -0.334 e. The number of amides is 1. The third-order valence-electron chi connectivity index (χ3n) is 3.66. The minimum absolute atomic E-state index is 0.0886. The first-order valence-electron chi connectivity index (χ1n) is 6.80. The summed E-state index contributed by atoms with van der Waals surface area (Å²) in [5.74, 6) is 0.0886. The molecule has 20 heavy (non-hydrogen) atoms. The van der Waals surface area contributed by atoms with Crippen molar-refractivity contribution >= 4 is 17.2 Å². The number of hydrogen-bond donors (Lipinski definition) is 0. The molecule has 2 heterocycles. The van der Waals surface area contributed by atoms with Crippen LogP contribution in [0.25, 0.3) is 0 Å². The molecule has 0 fully saturated rings. The van der Waals surface area contributed by atoms with E-state index in [4.69, 9.17) is 0 Å². The van der Waals surface area contributed by atoms with E-state index in [1.54, 1.807) is 11.3 Å². The van der Waals surface area contributed by atoms with Crippen LogP contribution in [0.3, 0.4) is 0 Å². The van der Waals surface area contributed by atoms with Crippen LogP contribution in [-0.2, 0) is 24.2 Å². The monoisotopic (exact) mass is 283 g/mol. The van der Waals surface area contributed by atoms with Gasteiger partial charge >= 0.3 is 0 Å². The average Bonchev–Trinajstić information content (AvgIpc) is 2.94. The molecule has 1 aliphatic rings. The van der Waals surface area contributed by atoms with Crippen LogP contribution in [0, 0.1) is 0 Å². The number of nitrogens with zero attached hydrogens (tertiary/aromatic N) is 1.